The van der Waals surface area contributed by atoms with Crippen LogP contribution in [0.25, 0.3) is 0 Å². The molecule has 6 nitrogen and oxygen atoms in total. The Kier molecular flexibility index (Phi) is 3.66. The predicted octanol–water partition coefficient (Wildman–Crippen LogP) is 0.881. The predicted molar refractivity (Wildman–Crippen MR) is 67.0 cm³/mol. The molecule has 7 heteroatoms. The molecule has 96 valence electrons. The number of rotatable bonds is 4. The summed E-state index contributed by atoms with van der Waals surface area (Å²) in [6.07, 6.45) is 5.79. The van der Waals surface area contributed by atoms with E-state index < -0.39 is 0 Å². The summed E-state index contributed by atoms with van der Waals surface area (Å²) < 4.78 is 8.12. The molecule has 0 bridgehead atoms. The van der Waals surface area contributed by atoms with Crippen molar-refractivity contribution in [2.45, 2.75) is 13.0 Å². The van der Waals surface area contributed by atoms with Gasteiger partial charge in [-0.15, -0.1) is 0 Å². The third-order valence-corrected chi connectivity index (χ3v) is 2.83. The summed E-state index contributed by atoms with van der Waals surface area (Å²) in [6.45, 7) is 0.505. The van der Waals surface area contributed by atoms with Gasteiger partial charge in [0.1, 0.15) is 0 Å². The number of aromatic nitrogens is 4. The average molecular weight is 269 g/mol. The molecule has 0 unspecified atom stereocenters. The van der Waals surface area contributed by atoms with Crippen LogP contribution in [0.15, 0.2) is 23.5 Å². The van der Waals surface area contributed by atoms with Crippen molar-refractivity contribution in [3.05, 3.63) is 39.8 Å². The molecule has 0 amide bonds. The standard InChI is InChI=1S/C11H13ClN4O2/c1-15-6-8(5-14-15)3-4-16-7-13-10(12)9(18-2)11(16)17/h5-7H,3-4H2,1-2H3. The van der Waals surface area contributed by atoms with Crippen molar-refractivity contribution < 1.29 is 4.74 Å². The topological polar surface area (TPSA) is 61.9 Å². The van der Waals surface area contributed by atoms with Crippen molar-refractivity contribution in [3.8, 4) is 5.75 Å². The number of halogens is 1. The van der Waals surface area contributed by atoms with Crippen molar-refractivity contribution in [2.24, 2.45) is 7.05 Å². The highest BCUT2D eigenvalue weighted by Crippen LogP contribution is 2.14. The minimum Gasteiger partial charge on any atom is -0.489 e. The van der Waals surface area contributed by atoms with Crippen LogP contribution in [0, 0.1) is 0 Å². The smallest absolute Gasteiger partial charge is 0.297 e. The van der Waals surface area contributed by atoms with Gasteiger partial charge in [-0.1, -0.05) is 11.6 Å². The molecule has 2 heterocycles. The number of ether oxygens (including phenoxy) is 1. The lowest BCUT2D eigenvalue weighted by Gasteiger charge is -2.07. The molecule has 0 saturated heterocycles. The Hall–Kier alpha value is -1.82. The largest absolute Gasteiger partial charge is 0.489 e. The van der Waals surface area contributed by atoms with E-state index >= 15 is 0 Å². The number of nitrogens with zero attached hydrogens (tertiary/aromatic N) is 4. The van der Waals surface area contributed by atoms with Crippen molar-refractivity contribution in [1.29, 1.82) is 0 Å². The van der Waals surface area contributed by atoms with E-state index in [4.69, 9.17) is 16.3 Å². The van der Waals surface area contributed by atoms with E-state index in [0.717, 1.165) is 5.56 Å². The van der Waals surface area contributed by atoms with Gasteiger partial charge in [-0.05, 0) is 12.0 Å². The highest BCUT2D eigenvalue weighted by Gasteiger charge is 2.10. The van der Waals surface area contributed by atoms with Crippen molar-refractivity contribution in [2.75, 3.05) is 7.11 Å². The zero-order valence-electron chi connectivity index (χ0n) is 10.1. The van der Waals surface area contributed by atoms with E-state index in [2.05, 4.69) is 10.1 Å². The fraction of sp³-hybridized carbons (Fsp3) is 0.364. The quantitative estimate of drug-likeness (QED) is 0.773. The Balaban J connectivity index is 2.17. The normalized spacial score (nSPS) is 10.6. The minimum absolute atomic E-state index is 0.0744. The second-order valence-electron chi connectivity index (χ2n) is 3.84. The van der Waals surface area contributed by atoms with E-state index in [1.807, 2.05) is 13.2 Å². The summed E-state index contributed by atoms with van der Waals surface area (Å²) in [5, 5.41) is 4.15. The zero-order valence-corrected chi connectivity index (χ0v) is 10.9. The fourth-order valence-corrected chi connectivity index (χ4v) is 1.83. The molecular weight excluding hydrogens is 256 g/mol. The monoisotopic (exact) mass is 268 g/mol. The van der Waals surface area contributed by atoms with Crippen LogP contribution in [0.5, 0.6) is 5.75 Å². The highest BCUT2D eigenvalue weighted by atomic mass is 35.5. The van der Waals surface area contributed by atoms with Gasteiger partial charge in [-0.3, -0.25) is 14.0 Å². The van der Waals surface area contributed by atoms with Gasteiger partial charge in [0.15, 0.2) is 5.15 Å². The number of aryl methyl sites for hydroxylation is 3. The van der Waals surface area contributed by atoms with E-state index in [9.17, 15) is 4.79 Å². The van der Waals surface area contributed by atoms with Crippen LogP contribution in [0.3, 0.4) is 0 Å². The molecule has 0 aromatic carbocycles. The van der Waals surface area contributed by atoms with Gasteiger partial charge in [0.2, 0.25) is 5.75 Å². The van der Waals surface area contributed by atoms with Crippen LogP contribution >= 0.6 is 11.6 Å². The van der Waals surface area contributed by atoms with E-state index in [-0.39, 0.29) is 16.5 Å². The first-order valence-corrected chi connectivity index (χ1v) is 5.76. The second kappa shape index (κ2) is 5.22. The maximum atomic E-state index is 11.9. The first kappa shape index (κ1) is 12.6. The first-order chi connectivity index (χ1) is 8.61. The summed E-state index contributed by atoms with van der Waals surface area (Å²) in [5.41, 5.74) is 0.778. The van der Waals surface area contributed by atoms with Crippen LogP contribution in [-0.4, -0.2) is 26.4 Å². The van der Waals surface area contributed by atoms with Crippen LogP contribution in [0.2, 0.25) is 5.15 Å². The SMILES string of the molecule is COc1c(Cl)ncn(CCc2cnn(C)c2)c1=O. The Morgan fingerprint density at radius 2 is 2.28 bits per heavy atom. The van der Waals surface area contributed by atoms with Crippen molar-refractivity contribution >= 4 is 11.6 Å². The molecule has 0 saturated carbocycles. The van der Waals surface area contributed by atoms with Gasteiger partial charge in [-0.2, -0.15) is 5.10 Å². The molecule has 18 heavy (non-hydrogen) atoms. The van der Waals surface area contributed by atoms with Gasteiger partial charge in [0, 0.05) is 19.8 Å². The van der Waals surface area contributed by atoms with Gasteiger partial charge in [-0.25, -0.2) is 4.98 Å². The van der Waals surface area contributed by atoms with Crippen LogP contribution in [0.4, 0.5) is 0 Å². The Morgan fingerprint density at radius 1 is 1.50 bits per heavy atom. The zero-order chi connectivity index (χ0) is 13.1. The fourth-order valence-electron chi connectivity index (χ4n) is 1.63. The molecular formula is C11H13ClN4O2. The van der Waals surface area contributed by atoms with Gasteiger partial charge in [0.05, 0.1) is 19.6 Å². The summed E-state index contributed by atoms with van der Waals surface area (Å²) in [7, 11) is 3.25. The first-order valence-electron chi connectivity index (χ1n) is 5.38. The molecule has 0 aliphatic carbocycles. The molecule has 2 aromatic rings. The van der Waals surface area contributed by atoms with Crippen LogP contribution in [-0.2, 0) is 20.0 Å². The minimum atomic E-state index is -0.276. The Bertz CT molecular complexity index is 605. The molecule has 2 rings (SSSR count). The maximum Gasteiger partial charge on any atom is 0.297 e. The van der Waals surface area contributed by atoms with E-state index in [1.165, 1.54) is 18.0 Å². The molecule has 0 atom stereocenters. The van der Waals surface area contributed by atoms with E-state index in [1.54, 1.807) is 10.9 Å². The van der Waals surface area contributed by atoms with Crippen molar-refractivity contribution in [1.82, 2.24) is 19.3 Å². The van der Waals surface area contributed by atoms with Crippen LogP contribution < -0.4 is 10.3 Å². The molecule has 2 aromatic heterocycles. The Labute approximate surface area is 109 Å². The summed E-state index contributed by atoms with van der Waals surface area (Å²) >= 11 is 5.76. The number of methoxy groups -OCH3 is 1. The van der Waals surface area contributed by atoms with Crippen LogP contribution in [0.1, 0.15) is 5.56 Å². The third-order valence-electron chi connectivity index (χ3n) is 2.56. The molecule has 0 radical (unpaired) electrons. The molecule has 0 spiro atoms. The molecule has 0 N–H and O–H groups in total. The molecule has 0 fully saturated rings. The molecule has 0 aliphatic rings. The van der Waals surface area contributed by atoms with Gasteiger partial charge >= 0.3 is 0 Å². The van der Waals surface area contributed by atoms with Gasteiger partial charge in [0.25, 0.3) is 5.56 Å². The molecule has 0 aliphatic heterocycles. The summed E-state index contributed by atoms with van der Waals surface area (Å²) in [5.74, 6) is 0.0744. The third kappa shape index (κ3) is 2.53. The van der Waals surface area contributed by atoms with Crippen molar-refractivity contribution in [3.63, 3.8) is 0 Å². The lowest BCUT2D eigenvalue weighted by atomic mass is 10.2. The average Bonchev–Trinajstić information content (AvgIpc) is 2.75. The maximum absolute atomic E-state index is 11.9. The lowest BCUT2D eigenvalue weighted by molar-refractivity contribution is 0.399. The summed E-state index contributed by atoms with van der Waals surface area (Å²) in [6, 6.07) is 0. The highest BCUT2D eigenvalue weighted by molar-refractivity contribution is 6.30. The number of hydrogen-bond donors (Lipinski definition) is 0. The second-order valence-corrected chi connectivity index (χ2v) is 4.20. The van der Waals surface area contributed by atoms with E-state index in [0.29, 0.717) is 13.0 Å². The van der Waals surface area contributed by atoms with Gasteiger partial charge < -0.3 is 4.74 Å². The number of hydrogen-bond acceptors (Lipinski definition) is 4. The lowest BCUT2D eigenvalue weighted by Crippen LogP contribution is -2.23. The summed E-state index contributed by atoms with van der Waals surface area (Å²) in [4.78, 5) is 15.9. The Morgan fingerprint density at radius 3 is 2.89 bits per heavy atom.